The van der Waals surface area contributed by atoms with E-state index in [1.165, 1.54) is 25.7 Å². The highest BCUT2D eigenvalue weighted by Gasteiger charge is 2.23. The lowest BCUT2D eigenvalue weighted by Gasteiger charge is -2.15. The quantitative estimate of drug-likeness (QED) is 0.568. The first-order valence-electron chi connectivity index (χ1n) is 8.85. The molecule has 0 bridgehead atoms. The molecule has 3 rings (SSSR count). The second-order valence-electron chi connectivity index (χ2n) is 6.36. The minimum atomic E-state index is -0.365. The highest BCUT2D eigenvalue weighted by atomic mass is 16.6. The van der Waals surface area contributed by atoms with E-state index in [0.717, 1.165) is 30.8 Å². The lowest BCUT2D eigenvalue weighted by molar-refractivity contribution is 0.104. The van der Waals surface area contributed by atoms with Gasteiger partial charge in [-0.1, -0.05) is 29.8 Å². The van der Waals surface area contributed by atoms with E-state index < -0.39 is 0 Å². The van der Waals surface area contributed by atoms with Crippen LogP contribution in [0.4, 0.5) is 4.79 Å². The standard InChI is InChI=1S/C19H26N2O3/c22-19-21-13-17(24-19)14-23-18-9-5-4-8-16(18)12-20-11-10-15-6-2-1-3-7-15/h4-6,8-9,17,20H,1-3,7,10-14H2,(H,21,22). The molecule has 2 N–H and O–H groups in total. The Morgan fingerprint density at radius 3 is 3.00 bits per heavy atom. The van der Waals surface area contributed by atoms with Crippen LogP contribution < -0.4 is 15.4 Å². The van der Waals surface area contributed by atoms with Gasteiger partial charge >= 0.3 is 6.09 Å². The van der Waals surface area contributed by atoms with Crippen molar-refractivity contribution in [2.24, 2.45) is 0 Å². The van der Waals surface area contributed by atoms with Crippen LogP contribution in [-0.2, 0) is 11.3 Å². The molecule has 130 valence electrons. The number of carbonyl (C=O) groups excluding carboxylic acids is 1. The lowest BCUT2D eigenvalue weighted by Crippen LogP contribution is -2.23. The minimum absolute atomic E-state index is 0.211. The first-order valence-corrected chi connectivity index (χ1v) is 8.85. The molecule has 1 fully saturated rings. The number of nitrogens with one attached hydrogen (secondary N) is 2. The molecule has 0 radical (unpaired) electrons. The Kier molecular flexibility index (Phi) is 6.13. The van der Waals surface area contributed by atoms with Gasteiger partial charge in [0.2, 0.25) is 0 Å². The number of ether oxygens (including phenoxy) is 2. The summed E-state index contributed by atoms with van der Waals surface area (Å²) in [5, 5.41) is 6.14. The fraction of sp³-hybridized carbons (Fsp3) is 0.526. The van der Waals surface area contributed by atoms with Crippen LogP contribution in [-0.4, -0.2) is 31.9 Å². The van der Waals surface area contributed by atoms with Gasteiger partial charge in [0.1, 0.15) is 12.4 Å². The van der Waals surface area contributed by atoms with Gasteiger partial charge in [-0.25, -0.2) is 4.79 Å². The van der Waals surface area contributed by atoms with E-state index in [2.05, 4.69) is 22.8 Å². The molecule has 0 saturated carbocycles. The second kappa shape index (κ2) is 8.73. The maximum Gasteiger partial charge on any atom is 0.407 e. The van der Waals surface area contributed by atoms with E-state index in [-0.39, 0.29) is 12.2 Å². The molecular weight excluding hydrogens is 304 g/mol. The first-order chi connectivity index (χ1) is 11.8. The first kappa shape index (κ1) is 16.8. The normalized spacial score (nSPS) is 20.2. The Morgan fingerprint density at radius 2 is 2.21 bits per heavy atom. The largest absolute Gasteiger partial charge is 0.489 e. The molecule has 0 aromatic heterocycles. The molecule has 1 aromatic rings. The van der Waals surface area contributed by atoms with Crippen molar-refractivity contribution in [2.45, 2.75) is 44.8 Å². The van der Waals surface area contributed by atoms with Crippen molar-refractivity contribution >= 4 is 6.09 Å². The SMILES string of the molecule is O=C1NCC(COc2ccccc2CNCCC2=CCCCC2)O1. The molecule has 1 unspecified atom stereocenters. The molecule has 1 saturated heterocycles. The second-order valence-corrected chi connectivity index (χ2v) is 6.36. The number of allylic oxidation sites excluding steroid dienone is 1. The summed E-state index contributed by atoms with van der Waals surface area (Å²) in [6.45, 7) is 2.66. The number of cyclic esters (lactones) is 1. The van der Waals surface area contributed by atoms with E-state index in [4.69, 9.17) is 9.47 Å². The predicted octanol–water partition coefficient (Wildman–Crippen LogP) is 3.15. The van der Waals surface area contributed by atoms with Crippen LogP contribution in [0.3, 0.4) is 0 Å². The predicted molar refractivity (Wildman–Crippen MR) is 93.1 cm³/mol. The summed E-state index contributed by atoms with van der Waals surface area (Å²) in [7, 11) is 0. The van der Waals surface area contributed by atoms with E-state index in [1.807, 2.05) is 18.2 Å². The summed E-state index contributed by atoms with van der Waals surface area (Å²) in [6.07, 6.45) is 8.14. The molecule has 1 aliphatic carbocycles. The van der Waals surface area contributed by atoms with E-state index in [1.54, 1.807) is 5.57 Å². The van der Waals surface area contributed by atoms with Crippen molar-refractivity contribution in [1.29, 1.82) is 0 Å². The third-order valence-corrected chi connectivity index (χ3v) is 4.47. The fourth-order valence-electron chi connectivity index (χ4n) is 3.10. The number of para-hydroxylation sites is 1. The van der Waals surface area contributed by atoms with Gasteiger partial charge in [0.05, 0.1) is 6.54 Å². The van der Waals surface area contributed by atoms with E-state index in [0.29, 0.717) is 13.2 Å². The van der Waals surface area contributed by atoms with Crippen molar-refractivity contribution in [3.63, 3.8) is 0 Å². The van der Waals surface area contributed by atoms with Gasteiger partial charge in [0.15, 0.2) is 6.10 Å². The van der Waals surface area contributed by atoms with Crippen molar-refractivity contribution in [1.82, 2.24) is 10.6 Å². The average molecular weight is 330 g/mol. The highest BCUT2D eigenvalue weighted by Crippen LogP contribution is 2.20. The Bertz CT molecular complexity index is 586. The molecule has 1 amide bonds. The number of hydrogen-bond acceptors (Lipinski definition) is 4. The van der Waals surface area contributed by atoms with Gasteiger partial charge in [0.25, 0.3) is 0 Å². The zero-order chi connectivity index (χ0) is 16.6. The molecule has 1 aliphatic heterocycles. The minimum Gasteiger partial charge on any atom is -0.489 e. The monoisotopic (exact) mass is 330 g/mol. The number of alkyl carbamates (subject to hydrolysis) is 1. The highest BCUT2D eigenvalue weighted by molar-refractivity contribution is 5.69. The summed E-state index contributed by atoms with van der Waals surface area (Å²) in [6, 6.07) is 8.02. The maximum absolute atomic E-state index is 11.0. The Hall–Kier alpha value is -2.01. The van der Waals surface area contributed by atoms with Crippen molar-refractivity contribution in [3.05, 3.63) is 41.5 Å². The molecule has 2 aliphatic rings. The summed E-state index contributed by atoms with van der Waals surface area (Å²) in [5.74, 6) is 0.852. The van der Waals surface area contributed by atoms with Gasteiger partial charge in [0, 0.05) is 12.1 Å². The van der Waals surface area contributed by atoms with Crippen LogP contribution in [0.5, 0.6) is 5.75 Å². The summed E-state index contributed by atoms with van der Waals surface area (Å²) < 4.78 is 10.9. The number of carbonyl (C=O) groups is 1. The van der Waals surface area contributed by atoms with E-state index >= 15 is 0 Å². The van der Waals surface area contributed by atoms with Gasteiger partial charge in [-0.15, -0.1) is 0 Å². The van der Waals surface area contributed by atoms with Crippen molar-refractivity contribution < 1.29 is 14.3 Å². The molecular formula is C19H26N2O3. The smallest absolute Gasteiger partial charge is 0.407 e. The fourth-order valence-corrected chi connectivity index (χ4v) is 3.10. The molecule has 5 heteroatoms. The Morgan fingerprint density at radius 1 is 1.29 bits per heavy atom. The van der Waals surface area contributed by atoms with Crippen molar-refractivity contribution in [3.8, 4) is 5.75 Å². The van der Waals surface area contributed by atoms with Crippen LogP contribution in [0, 0.1) is 0 Å². The Balaban J connectivity index is 1.43. The molecule has 1 atom stereocenters. The van der Waals surface area contributed by atoms with Crippen LogP contribution in [0.15, 0.2) is 35.9 Å². The molecule has 1 heterocycles. The van der Waals surface area contributed by atoms with Crippen LogP contribution in [0.1, 0.15) is 37.7 Å². The molecule has 24 heavy (non-hydrogen) atoms. The van der Waals surface area contributed by atoms with Crippen LogP contribution in [0.25, 0.3) is 0 Å². The maximum atomic E-state index is 11.0. The number of rotatable bonds is 8. The number of benzene rings is 1. The topological polar surface area (TPSA) is 59.6 Å². The van der Waals surface area contributed by atoms with Gasteiger partial charge in [-0.05, 0) is 44.7 Å². The Labute approximate surface area is 143 Å². The van der Waals surface area contributed by atoms with Crippen LogP contribution >= 0.6 is 0 Å². The summed E-state index contributed by atoms with van der Waals surface area (Å²) in [4.78, 5) is 11.0. The summed E-state index contributed by atoms with van der Waals surface area (Å²) in [5.41, 5.74) is 2.72. The number of amides is 1. The van der Waals surface area contributed by atoms with Gasteiger partial charge in [-0.2, -0.15) is 0 Å². The van der Waals surface area contributed by atoms with E-state index in [9.17, 15) is 4.79 Å². The number of hydrogen-bond donors (Lipinski definition) is 2. The van der Waals surface area contributed by atoms with Gasteiger partial charge < -0.3 is 20.1 Å². The summed E-state index contributed by atoms with van der Waals surface area (Å²) >= 11 is 0. The zero-order valence-corrected chi connectivity index (χ0v) is 14.1. The third-order valence-electron chi connectivity index (χ3n) is 4.47. The lowest BCUT2D eigenvalue weighted by atomic mass is 9.97. The van der Waals surface area contributed by atoms with Gasteiger partial charge in [-0.3, -0.25) is 0 Å². The molecule has 1 aromatic carbocycles. The molecule has 0 spiro atoms. The average Bonchev–Trinajstić information content (AvgIpc) is 3.04. The zero-order valence-electron chi connectivity index (χ0n) is 14.1. The van der Waals surface area contributed by atoms with Crippen LogP contribution in [0.2, 0.25) is 0 Å². The third kappa shape index (κ3) is 4.99. The molecule has 5 nitrogen and oxygen atoms in total. The van der Waals surface area contributed by atoms with Crippen molar-refractivity contribution in [2.75, 3.05) is 19.7 Å².